The molecule has 2 saturated heterocycles. The van der Waals surface area contributed by atoms with Crippen LogP contribution in [0.4, 0.5) is 4.79 Å². The number of ether oxygens (including phenoxy) is 1. The fourth-order valence-electron chi connectivity index (χ4n) is 3.78. The highest BCUT2D eigenvalue weighted by atomic mass is 16.5. The summed E-state index contributed by atoms with van der Waals surface area (Å²) in [6.07, 6.45) is 7.00. The molecule has 3 heterocycles. The predicted molar refractivity (Wildman–Crippen MR) is 92.8 cm³/mol. The molecule has 1 aromatic heterocycles. The minimum atomic E-state index is 0.0810. The van der Waals surface area contributed by atoms with Crippen LogP contribution in [0, 0.1) is 0 Å². The van der Waals surface area contributed by atoms with E-state index in [1.807, 2.05) is 23.4 Å². The van der Waals surface area contributed by atoms with Crippen molar-refractivity contribution in [3.05, 3.63) is 30.1 Å². The minimum absolute atomic E-state index is 0.0810. The van der Waals surface area contributed by atoms with Crippen molar-refractivity contribution in [2.24, 2.45) is 0 Å². The predicted octanol–water partition coefficient (Wildman–Crippen LogP) is 2.04. The van der Waals surface area contributed by atoms with Crippen LogP contribution < -0.4 is 5.32 Å². The molecule has 2 atom stereocenters. The third-order valence-electron chi connectivity index (χ3n) is 5.18. The summed E-state index contributed by atoms with van der Waals surface area (Å²) < 4.78 is 5.63. The van der Waals surface area contributed by atoms with Crippen LogP contribution in [0.2, 0.25) is 0 Å². The van der Waals surface area contributed by atoms with Gasteiger partial charge in [-0.15, -0.1) is 0 Å². The van der Waals surface area contributed by atoms with E-state index in [1.54, 1.807) is 7.11 Å². The number of piperidine rings is 1. The van der Waals surface area contributed by atoms with Gasteiger partial charge in [-0.05, 0) is 30.9 Å². The van der Waals surface area contributed by atoms with E-state index in [0.29, 0.717) is 6.04 Å². The second kappa shape index (κ2) is 7.94. The molecule has 1 aromatic rings. The highest BCUT2D eigenvalue weighted by Gasteiger charge is 2.44. The van der Waals surface area contributed by atoms with Crippen LogP contribution in [0.5, 0.6) is 0 Å². The molecule has 0 aliphatic carbocycles. The lowest BCUT2D eigenvalue weighted by molar-refractivity contribution is -0.115. The Kier molecular flexibility index (Phi) is 5.68. The van der Waals surface area contributed by atoms with E-state index < -0.39 is 0 Å². The summed E-state index contributed by atoms with van der Waals surface area (Å²) in [6, 6.07) is 4.99. The van der Waals surface area contributed by atoms with Gasteiger partial charge in [0.05, 0.1) is 12.1 Å². The number of urea groups is 1. The van der Waals surface area contributed by atoms with Crippen molar-refractivity contribution in [2.75, 3.05) is 33.3 Å². The van der Waals surface area contributed by atoms with Crippen LogP contribution in [0.3, 0.4) is 0 Å². The number of rotatable bonds is 5. The molecular formula is C18H28N4O2. The lowest BCUT2D eigenvalue weighted by Gasteiger charge is -2.52. The van der Waals surface area contributed by atoms with Crippen LogP contribution in [-0.4, -0.2) is 66.2 Å². The highest BCUT2D eigenvalue weighted by molar-refractivity contribution is 5.74. The number of hydrogen-bond acceptors (Lipinski definition) is 4. The Hall–Kier alpha value is -1.66. The summed E-state index contributed by atoms with van der Waals surface area (Å²) in [6.45, 7) is 5.44. The summed E-state index contributed by atoms with van der Waals surface area (Å²) >= 11 is 0. The van der Waals surface area contributed by atoms with Crippen LogP contribution in [0.25, 0.3) is 0 Å². The van der Waals surface area contributed by atoms with Crippen LogP contribution in [-0.2, 0) is 4.74 Å². The van der Waals surface area contributed by atoms with E-state index in [2.05, 4.69) is 28.2 Å². The van der Waals surface area contributed by atoms with E-state index in [0.717, 1.165) is 45.4 Å². The van der Waals surface area contributed by atoms with Crippen molar-refractivity contribution in [2.45, 2.75) is 44.4 Å². The Balaban J connectivity index is 1.57. The van der Waals surface area contributed by atoms with Gasteiger partial charge in [0.2, 0.25) is 0 Å². The topological polar surface area (TPSA) is 57.7 Å². The van der Waals surface area contributed by atoms with E-state index in [9.17, 15) is 4.79 Å². The van der Waals surface area contributed by atoms with Gasteiger partial charge >= 0.3 is 6.03 Å². The highest BCUT2D eigenvalue weighted by Crippen LogP contribution is 2.39. The normalized spacial score (nSPS) is 25.3. The number of pyridine rings is 1. The largest absolute Gasteiger partial charge is 0.378 e. The quantitative estimate of drug-likeness (QED) is 0.896. The van der Waals surface area contributed by atoms with Gasteiger partial charge in [-0.3, -0.25) is 9.88 Å². The molecule has 6 nitrogen and oxygen atoms in total. The molecule has 2 amide bonds. The second-order valence-electron chi connectivity index (χ2n) is 6.65. The summed E-state index contributed by atoms with van der Waals surface area (Å²) in [5.41, 5.74) is 1.22. The Morgan fingerprint density at radius 3 is 2.83 bits per heavy atom. The molecule has 3 rings (SSSR count). The van der Waals surface area contributed by atoms with Gasteiger partial charge in [-0.25, -0.2) is 4.79 Å². The van der Waals surface area contributed by atoms with Gasteiger partial charge in [-0.2, -0.15) is 0 Å². The average Bonchev–Trinajstić information content (AvgIpc) is 2.60. The van der Waals surface area contributed by atoms with E-state index in [1.165, 1.54) is 5.56 Å². The minimum Gasteiger partial charge on any atom is -0.378 e. The Bertz CT molecular complexity index is 531. The van der Waals surface area contributed by atoms with Crippen molar-refractivity contribution < 1.29 is 9.53 Å². The van der Waals surface area contributed by atoms with E-state index in [4.69, 9.17) is 4.74 Å². The first-order valence-electron chi connectivity index (χ1n) is 8.95. The third-order valence-corrected chi connectivity index (χ3v) is 5.18. The summed E-state index contributed by atoms with van der Waals surface area (Å²) in [5, 5.41) is 2.97. The van der Waals surface area contributed by atoms with E-state index in [-0.39, 0.29) is 18.2 Å². The number of carbonyl (C=O) groups excluding carboxylic acids is 1. The zero-order chi connectivity index (χ0) is 16.9. The molecule has 2 unspecified atom stereocenters. The number of carbonyl (C=O) groups is 1. The monoisotopic (exact) mass is 332 g/mol. The molecule has 24 heavy (non-hydrogen) atoms. The van der Waals surface area contributed by atoms with Gasteiger partial charge in [-0.1, -0.05) is 13.0 Å². The van der Waals surface area contributed by atoms with E-state index >= 15 is 0 Å². The lowest BCUT2D eigenvalue weighted by atomic mass is 9.88. The number of nitrogens with one attached hydrogen (secondary N) is 1. The number of likely N-dealkylation sites (tertiary alicyclic amines) is 2. The summed E-state index contributed by atoms with van der Waals surface area (Å²) in [5.74, 6) is 0. The molecule has 2 aliphatic heterocycles. The number of nitrogens with zero attached hydrogens (tertiary/aromatic N) is 3. The zero-order valence-electron chi connectivity index (χ0n) is 14.6. The number of amides is 2. The standard InChI is InChI=1S/C18H28N4O2/c1-3-8-20-18(23)21-10-6-15(7-11-21)22-13-16(24-2)17(22)14-5-4-9-19-12-14/h4-5,9,12,15-17H,3,6-8,10-11,13H2,1-2H3,(H,20,23). The SMILES string of the molecule is CCCNC(=O)N1CCC(N2CC(OC)C2c2cccnc2)CC1. The molecule has 0 radical (unpaired) electrons. The smallest absolute Gasteiger partial charge is 0.317 e. The Morgan fingerprint density at radius 2 is 2.21 bits per heavy atom. The fourth-order valence-corrected chi connectivity index (χ4v) is 3.78. The van der Waals surface area contributed by atoms with Crippen molar-refractivity contribution >= 4 is 6.03 Å². The Morgan fingerprint density at radius 1 is 1.42 bits per heavy atom. The van der Waals surface area contributed by atoms with Crippen molar-refractivity contribution in [3.63, 3.8) is 0 Å². The van der Waals surface area contributed by atoms with Gasteiger partial charge in [0.15, 0.2) is 0 Å². The summed E-state index contributed by atoms with van der Waals surface area (Å²) in [4.78, 5) is 20.8. The van der Waals surface area contributed by atoms with Crippen LogP contribution in [0.15, 0.2) is 24.5 Å². The van der Waals surface area contributed by atoms with Crippen molar-refractivity contribution in [3.8, 4) is 0 Å². The van der Waals surface area contributed by atoms with Crippen molar-refractivity contribution in [1.29, 1.82) is 0 Å². The zero-order valence-corrected chi connectivity index (χ0v) is 14.6. The lowest BCUT2D eigenvalue weighted by Crippen LogP contribution is -2.60. The molecule has 132 valence electrons. The molecule has 1 N–H and O–H groups in total. The van der Waals surface area contributed by atoms with Gasteiger partial charge < -0.3 is 15.0 Å². The fraction of sp³-hybridized carbons (Fsp3) is 0.667. The third kappa shape index (κ3) is 3.54. The number of aromatic nitrogens is 1. The number of hydrogen-bond donors (Lipinski definition) is 1. The molecule has 0 aromatic carbocycles. The maximum absolute atomic E-state index is 12.1. The molecule has 0 bridgehead atoms. The Labute approximate surface area is 144 Å². The first kappa shape index (κ1) is 17.2. The van der Waals surface area contributed by atoms with Gasteiger partial charge in [0.25, 0.3) is 0 Å². The summed E-state index contributed by atoms with van der Waals surface area (Å²) in [7, 11) is 1.78. The average molecular weight is 332 g/mol. The van der Waals surface area contributed by atoms with Crippen LogP contribution >= 0.6 is 0 Å². The van der Waals surface area contributed by atoms with Gasteiger partial charge in [0, 0.05) is 51.7 Å². The number of methoxy groups -OCH3 is 1. The molecule has 6 heteroatoms. The molecule has 0 spiro atoms. The van der Waals surface area contributed by atoms with Crippen LogP contribution in [0.1, 0.15) is 37.8 Å². The maximum atomic E-state index is 12.1. The molecule has 2 aliphatic rings. The van der Waals surface area contributed by atoms with Gasteiger partial charge in [0.1, 0.15) is 0 Å². The first-order valence-corrected chi connectivity index (χ1v) is 8.95. The maximum Gasteiger partial charge on any atom is 0.317 e. The second-order valence-corrected chi connectivity index (χ2v) is 6.65. The first-order chi connectivity index (χ1) is 11.7. The van der Waals surface area contributed by atoms with Crippen molar-refractivity contribution in [1.82, 2.24) is 20.1 Å². The molecule has 0 saturated carbocycles. The molecule has 2 fully saturated rings. The molecular weight excluding hydrogens is 304 g/mol.